The van der Waals surface area contributed by atoms with Crippen LogP contribution in [0, 0.1) is 52.3 Å². The number of fused-ring (bicyclic) bond motifs is 5. The van der Waals surface area contributed by atoms with Gasteiger partial charge in [0, 0.05) is 12.8 Å². The summed E-state index contributed by atoms with van der Waals surface area (Å²) in [5.41, 5.74) is 1.07. The second kappa shape index (κ2) is 7.73. The van der Waals surface area contributed by atoms with Gasteiger partial charge in [-0.15, -0.1) is 0 Å². The summed E-state index contributed by atoms with van der Waals surface area (Å²) >= 11 is 0. The normalized spacial score (nSPS) is 46.8. The van der Waals surface area contributed by atoms with Crippen LogP contribution in [-0.4, -0.2) is 5.78 Å². The predicted octanol–water partition coefficient (Wildman–Crippen LogP) is 7.68. The van der Waals surface area contributed by atoms with Crippen molar-refractivity contribution in [2.75, 3.05) is 0 Å². The maximum atomic E-state index is 12.1. The number of hydrogen-bond acceptors (Lipinski definition) is 1. The zero-order chi connectivity index (χ0) is 20.1. The van der Waals surface area contributed by atoms with Crippen molar-refractivity contribution in [1.29, 1.82) is 0 Å². The molecule has 1 nitrogen and oxygen atoms in total. The van der Waals surface area contributed by atoms with Crippen LogP contribution in [0.25, 0.3) is 0 Å². The largest absolute Gasteiger partial charge is 0.300 e. The highest BCUT2D eigenvalue weighted by atomic mass is 16.1. The third-order valence-corrected chi connectivity index (χ3v) is 10.7. The van der Waals surface area contributed by atoms with E-state index in [0.29, 0.717) is 22.5 Å². The number of hydrogen-bond donors (Lipinski definition) is 0. The number of Topliss-reactive ketones (excluding diaryl/α,β-unsaturated/α-hetero) is 1. The summed E-state index contributed by atoms with van der Waals surface area (Å²) in [5.74, 6) is 6.82. The first-order valence-corrected chi connectivity index (χ1v) is 12.8. The third-order valence-electron chi connectivity index (χ3n) is 10.7. The molecule has 0 saturated heterocycles. The van der Waals surface area contributed by atoms with Gasteiger partial charge < -0.3 is 0 Å². The second-order valence-electron chi connectivity index (χ2n) is 12.4. The van der Waals surface area contributed by atoms with Crippen molar-refractivity contribution < 1.29 is 4.79 Å². The van der Waals surface area contributed by atoms with Gasteiger partial charge in [0.1, 0.15) is 5.78 Å². The van der Waals surface area contributed by atoms with Gasteiger partial charge in [0.05, 0.1) is 0 Å². The number of carbonyl (C=O) groups is 1. The van der Waals surface area contributed by atoms with Crippen molar-refractivity contribution in [3.05, 3.63) is 0 Å². The van der Waals surface area contributed by atoms with Crippen molar-refractivity contribution in [2.24, 2.45) is 52.3 Å². The number of rotatable bonds is 5. The SMILES string of the molecule is CC(C)CCC[C@H](C)[C@H]1CC[C@H]2[C@@H]3CC[C@H]4CC(=O)CC[C@]4(C)[C@H]3CC[C@]12C. The van der Waals surface area contributed by atoms with E-state index in [-0.39, 0.29) is 0 Å². The summed E-state index contributed by atoms with van der Waals surface area (Å²) in [6.45, 7) is 12.6. The fraction of sp³-hybridized carbons (Fsp3) is 0.963. The highest BCUT2D eigenvalue weighted by molar-refractivity contribution is 5.79. The van der Waals surface area contributed by atoms with Crippen LogP contribution in [0.15, 0.2) is 0 Å². The van der Waals surface area contributed by atoms with Gasteiger partial charge >= 0.3 is 0 Å². The van der Waals surface area contributed by atoms with Gasteiger partial charge in [0.15, 0.2) is 0 Å². The summed E-state index contributed by atoms with van der Waals surface area (Å²) < 4.78 is 0. The Morgan fingerprint density at radius 3 is 2.39 bits per heavy atom. The van der Waals surface area contributed by atoms with Gasteiger partial charge in [-0.3, -0.25) is 4.79 Å². The molecule has 0 aliphatic heterocycles. The molecule has 0 aromatic rings. The Labute approximate surface area is 174 Å². The summed E-state index contributed by atoms with van der Waals surface area (Å²) in [5, 5.41) is 0. The molecule has 1 heteroatoms. The zero-order valence-corrected chi connectivity index (χ0v) is 19.4. The maximum Gasteiger partial charge on any atom is 0.133 e. The minimum Gasteiger partial charge on any atom is -0.300 e. The quantitative estimate of drug-likeness (QED) is 0.473. The average molecular weight is 387 g/mol. The molecule has 0 N–H and O–H groups in total. The fourth-order valence-electron chi connectivity index (χ4n) is 9.07. The van der Waals surface area contributed by atoms with E-state index in [1.165, 1.54) is 64.2 Å². The molecule has 0 aromatic heterocycles. The van der Waals surface area contributed by atoms with Crippen LogP contribution in [0.1, 0.15) is 112 Å². The Hall–Kier alpha value is -0.330. The summed E-state index contributed by atoms with van der Waals surface area (Å²) in [7, 11) is 0. The van der Waals surface area contributed by atoms with E-state index in [1.54, 1.807) is 0 Å². The third kappa shape index (κ3) is 3.41. The number of carbonyl (C=O) groups excluding carboxylic acids is 1. The Morgan fingerprint density at radius 1 is 0.893 bits per heavy atom. The van der Waals surface area contributed by atoms with Crippen molar-refractivity contribution in [2.45, 2.75) is 112 Å². The standard InChI is InChI=1S/C27H46O/c1-18(2)7-6-8-19(3)23-11-12-24-22-10-9-20-17-21(28)13-15-26(20,4)25(22)14-16-27(23,24)5/h18-20,22-25H,6-17H2,1-5H3/t19-,20-,22-,23+,24-,25-,26-,27+/m0/s1. The lowest BCUT2D eigenvalue weighted by Crippen LogP contribution is -2.53. The molecule has 0 radical (unpaired) electrons. The van der Waals surface area contributed by atoms with Crippen molar-refractivity contribution >= 4 is 5.78 Å². The van der Waals surface area contributed by atoms with Gasteiger partial charge in [0.25, 0.3) is 0 Å². The Bertz CT molecular complexity index is 579. The minimum atomic E-state index is 0.471. The van der Waals surface area contributed by atoms with E-state index < -0.39 is 0 Å². The molecule has 0 amide bonds. The molecule has 4 aliphatic rings. The molecular formula is C27H46O. The molecule has 0 bridgehead atoms. The molecule has 0 aromatic carbocycles. The van der Waals surface area contributed by atoms with E-state index in [9.17, 15) is 4.79 Å². The van der Waals surface area contributed by atoms with Gasteiger partial charge in [-0.1, -0.05) is 53.9 Å². The first-order chi connectivity index (χ1) is 13.3. The lowest BCUT2D eigenvalue weighted by atomic mass is 9.44. The van der Waals surface area contributed by atoms with Gasteiger partial charge in [-0.25, -0.2) is 0 Å². The van der Waals surface area contributed by atoms with Crippen LogP contribution >= 0.6 is 0 Å². The van der Waals surface area contributed by atoms with Gasteiger partial charge in [0.2, 0.25) is 0 Å². The van der Waals surface area contributed by atoms with Crippen molar-refractivity contribution in [3.63, 3.8) is 0 Å². The molecule has 4 saturated carbocycles. The monoisotopic (exact) mass is 386 g/mol. The van der Waals surface area contributed by atoms with Crippen LogP contribution in [0.4, 0.5) is 0 Å². The smallest absolute Gasteiger partial charge is 0.133 e. The van der Waals surface area contributed by atoms with Gasteiger partial charge in [-0.2, -0.15) is 0 Å². The molecule has 0 spiro atoms. The minimum absolute atomic E-state index is 0.471. The number of ketones is 1. The molecule has 4 rings (SSSR count). The Kier molecular flexibility index (Phi) is 5.78. The first-order valence-electron chi connectivity index (χ1n) is 12.8. The predicted molar refractivity (Wildman–Crippen MR) is 118 cm³/mol. The van der Waals surface area contributed by atoms with Crippen molar-refractivity contribution in [1.82, 2.24) is 0 Å². The highest BCUT2D eigenvalue weighted by Crippen LogP contribution is 2.68. The fourth-order valence-corrected chi connectivity index (χ4v) is 9.07. The lowest BCUT2D eigenvalue weighted by molar-refractivity contribution is -0.140. The van der Waals surface area contributed by atoms with Gasteiger partial charge in [-0.05, 0) is 97.2 Å². The van der Waals surface area contributed by atoms with E-state index in [4.69, 9.17) is 0 Å². The van der Waals surface area contributed by atoms with Crippen LogP contribution in [0.2, 0.25) is 0 Å². The Morgan fingerprint density at radius 2 is 1.64 bits per heavy atom. The molecular weight excluding hydrogens is 340 g/mol. The van der Waals surface area contributed by atoms with Crippen LogP contribution in [0.3, 0.4) is 0 Å². The molecule has 0 unspecified atom stereocenters. The molecule has 0 heterocycles. The van der Waals surface area contributed by atoms with E-state index in [1.807, 2.05) is 0 Å². The van der Waals surface area contributed by atoms with E-state index in [0.717, 1.165) is 48.3 Å². The average Bonchev–Trinajstić information content (AvgIpc) is 2.99. The molecule has 8 atom stereocenters. The lowest BCUT2D eigenvalue weighted by Gasteiger charge is -2.60. The molecule has 4 fully saturated rings. The molecule has 160 valence electrons. The van der Waals surface area contributed by atoms with E-state index >= 15 is 0 Å². The van der Waals surface area contributed by atoms with Crippen LogP contribution in [0.5, 0.6) is 0 Å². The summed E-state index contributed by atoms with van der Waals surface area (Å²) in [6.07, 6.45) is 15.9. The van der Waals surface area contributed by atoms with Crippen LogP contribution < -0.4 is 0 Å². The topological polar surface area (TPSA) is 17.1 Å². The molecule has 28 heavy (non-hydrogen) atoms. The maximum absolute atomic E-state index is 12.1. The Balaban J connectivity index is 1.47. The summed E-state index contributed by atoms with van der Waals surface area (Å²) in [6, 6.07) is 0. The first kappa shape index (κ1) is 20.9. The second-order valence-corrected chi connectivity index (χ2v) is 12.4. The zero-order valence-electron chi connectivity index (χ0n) is 19.4. The van der Waals surface area contributed by atoms with Crippen LogP contribution in [-0.2, 0) is 4.79 Å². The summed E-state index contributed by atoms with van der Waals surface area (Å²) in [4.78, 5) is 12.1. The molecule has 4 aliphatic carbocycles. The highest BCUT2D eigenvalue weighted by Gasteiger charge is 2.60. The van der Waals surface area contributed by atoms with Crippen molar-refractivity contribution in [3.8, 4) is 0 Å². The van der Waals surface area contributed by atoms with E-state index in [2.05, 4.69) is 34.6 Å².